The highest BCUT2D eigenvalue weighted by molar-refractivity contribution is 6.21. The summed E-state index contributed by atoms with van der Waals surface area (Å²) in [6.45, 7) is 7.50. The van der Waals surface area contributed by atoms with Crippen LogP contribution in [0.4, 0.5) is 0 Å². The van der Waals surface area contributed by atoms with E-state index >= 15 is 0 Å². The average molecular weight is 244 g/mol. The smallest absolute Gasteiger partial charge is 0.270 e. The number of aryl methyl sites for hydroxylation is 2. The van der Waals surface area contributed by atoms with Gasteiger partial charge < -0.3 is 5.32 Å². The third-order valence-corrected chi connectivity index (χ3v) is 3.21. The first-order valence-electron chi connectivity index (χ1n) is 5.21. The van der Waals surface area contributed by atoms with Crippen molar-refractivity contribution in [2.75, 3.05) is 0 Å². The predicted octanol–water partition coefficient (Wildman–Crippen LogP) is 1.86. The second-order valence-corrected chi connectivity index (χ2v) is 5.24. The Kier molecular flexibility index (Phi) is 3.63. The van der Waals surface area contributed by atoms with Gasteiger partial charge in [0.05, 0.1) is 16.6 Å². The van der Waals surface area contributed by atoms with Crippen LogP contribution in [-0.2, 0) is 7.05 Å². The zero-order chi connectivity index (χ0) is 12.5. The van der Waals surface area contributed by atoms with Gasteiger partial charge in [0.25, 0.3) is 5.91 Å². The van der Waals surface area contributed by atoms with E-state index in [2.05, 4.69) is 10.4 Å². The average Bonchev–Trinajstić information content (AvgIpc) is 2.44. The molecular weight excluding hydrogens is 226 g/mol. The first-order valence-corrected chi connectivity index (χ1v) is 5.65. The summed E-state index contributed by atoms with van der Waals surface area (Å²) in [5.41, 5.74) is 0.920. The number of amides is 1. The van der Waals surface area contributed by atoms with Crippen molar-refractivity contribution in [3.8, 4) is 0 Å². The first-order chi connectivity index (χ1) is 7.24. The highest BCUT2D eigenvalue weighted by Gasteiger charge is 2.27. The number of nitrogens with one attached hydrogen (secondary N) is 1. The predicted molar refractivity (Wildman–Crippen MR) is 64.8 cm³/mol. The van der Waals surface area contributed by atoms with E-state index in [-0.39, 0.29) is 11.3 Å². The molecule has 0 saturated heterocycles. The van der Waals surface area contributed by atoms with Crippen molar-refractivity contribution in [1.29, 1.82) is 0 Å². The van der Waals surface area contributed by atoms with Crippen LogP contribution in [0.5, 0.6) is 0 Å². The number of aromatic nitrogens is 2. The van der Waals surface area contributed by atoms with E-state index in [0.29, 0.717) is 5.69 Å². The van der Waals surface area contributed by atoms with Crippen LogP contribution in [0.1, 0.15) is 37.0 Å². The van der Waals surface area contributed by atoms with Crippen molar-refractivity contribution >= 4 is 17.5 Å². The molecule has 1 N–H and O–H groups in total. The maximum absolute atomic E-state index is 12.0. The van der Waals surface area contributed by atoms with Crippen LogP contribution in [-0.4, -0.2) is 26.6 Å². The van der Waals surface area contributed by atoms with Crippen LogP contribution >= 0.6 is 11.6 Å². The Morgan fingerprint density at radius 2 is 2.19 bits per heavy atom. The Balaban J connectivity index is 2.85. The van der Waals surface area contributed by atoms with E-state index in [1.165, 1.54) is 0 Å². The maximum Gasteiger partial charge on any atom is 0.270 e. The summed E-state index contributed by atoms with van der Waals surface area (Å²) in [6, 6.07) is 1.75. The summed E-state index contributed by atoms with van der Waals surface area (Å²) in [5.74, 6) is -0.152. The zero-order valence-electron chi connectivity index (χ0n) is 10.3. The van der Waals surface area contributed by atoms with E-state index in [9.17, 15) is 4.79 Å². The van der Waals surface area contributed by atoms with Crippen LogP contribution in [0, 0.1) is 6.92 Å². The number of carbonyl (C=O) groups is 1. The molecule has 1 amide bonds. The van der Waals surface area contributed by atoms with Gasteiger partial charge in [-0.25, -0.2) is 0 Å². The molecule has 1 aromatic heterocycles. The van der Waals surface area contributed by atoms with Crippen molar-refractivity contribution in [1.82, 2.24) is 15.1 Å². The van der Waals surface area contributed by atoms with Crippen LogP contribution in [0.15, 0.2) is 6.07 Å². The lowest BCUT2D eigenvalue weighted by Gasteiger charge is -2.28. The highest BCUT2D eigenvalue weighted by Crippen LogP contribution is 2.15. The van der Waals surface area contributed by atoms with E-state index in [4.69, 9.17) is 11.6 Å². The van der Waals surface area contributed by atoms with Crippen LogP contribution in [0.25, 0.3) is 0 Å². The lowest BCUT2D eigenvalue weighted by atomic mass is 10.0. The number of nitrogens with zero attached hydrogens (tertiary/aromatic N) is 2. The van der Waals surface area contributed by atoms with Gasteiger partial charge in [0, 0.05) is 7.05 Å². The molecule has 0 saturated carbocycles. The van der Waals surface area contributed by atoms with E-state index in [1.54, 1.807) is 17.8 Å². The molecule has 16 heavy (non-hydrogen) atoms. The number of rotatable bonds is 3. The fraction of sp³-hybridized carbons (Fsp3) is 0.636. The molecule has 0 bridgehead atoms. The molecule has 1 aromatic rings. The summed E-state index contributed by atoms with van der Waals surface area (Å²) in [7, 11) is 1.75. The number of hydrogen-bond donors (Lipinski definition) is 1. The fourth-order valence-electron chi connectivity index (χ4n) is 1.28. The van der Waals surface area contributed by atoms with Gasteiger partial charge in [0.1, 0.15) is 5.69 Å². The molecule has 90 valence electrons. The summed E-state index contributed by atoms with van der Waals surface area (Å²) in [4.78, 5) is 12.0. The Hall–Kier alpha value is -1.03. The maximum atomic E-state index is 12.0. The lowest BCUT2D eigenvalue weighted by molar-refractivity contribution is 0.0902. The molecule has 0 fully saturated rings. The van der Waals surface area contributed by atoms with Gasteiger partial charge in [-0.05, 0) is 33.8 Å². The molecule has 5 heteroatoms. The normalized spacial score (nSPS) is 13.6. The standard InChI is InChI=1S/C11H18ClN3O/c1-7-6-9(15(5)14-7)10(16)13-11(3,4)8(2)12/h6,8H,1-5H3,(H,13,16). The quantitative estimate of drug-likeness (QED) is 0.824. The van der Waals surface area contributed by atoms with Gasteiger partial charge in [0.2, 0.25) is 0 Å². The molecule has 0 aromatic carbocycles. The number of halogens is 1. The van der Waals surface area contributed by atoms with E-state index in [1.807, 2.05) is 27.7 Å². The van der Waals surface area contributed by atoms with Gasteiger partial charge >= 0.3 is 0 Å². The van der Waals surface area contributed by atoms with Crippen molar-refractivity contribution < 1.29 is 4.79 Å². The zero-order valence-corrected chi connectivity index (χ0v) is 11.1. The molecule has 1 rings (SSSR count). The van der Waals surface area contributed by atoms with Gasteiger partial charge in [-0.2, -0.15) is 5.10 Å². The second kappa shape index (κ2) is 4.45. The lowest BCUT2D eigenvalue weighted by Crippen LogP contribution is -2.49. The molecule has 1 heterocycles. The number of hydrogen-bond acceptors (Lipinski definition) is 2. The molecule has 4 nitrogen and oxygen atoms in total. The first kappa shape index (κ1) is 13.0. The van der Waals surface area contributed by atoms with Crippen molar-refractivity contribution in [2.45, 2.75) is 38.6 Å². The molecule has 0 aliphatic carbocycles. The summed E-state index contributed by atoms with van der Waals surface area (Å²) < 4.78 is 1.57. The van der Waals surface area contributed by atoms with Crippen molar-refractivity contribution in [3.63, 3.8) is 0 Å². The van der Waals surface area contributed by atoms with Gasteiger partial charge in [-0.15, -0.1) is 11.6 Å². The van der Waals surface area contributed by atoms with Crippen molar-refractivity contribution in [2.24, 2.45) is 7.05 Å². The van der Waals surface area contributed by atoms with Crippen LogP contribution in [0.3, 0.4) is 0 Å². The molecule has 0 aliphatic heterocycles. The largest absolute Gasteiger partial charge is 0.344 e. The van der Waals surface area contributed by atoms with Crippen LogP contribution in [0.2, 0.25) is 0 Å². The molecule has 0 aliphatic rings. The minimum Gasteiger partial charge on any atom is -0.344 e. The minimum absolute atomic E-state index is 0.147. The SMILES string of the molecule is Cc1cc(C(=O)NC(C)(C)C(C)Cl)n(C)n1. The van der Waals surface area contributed by atoms with E-state index < -0.39 is 5.54 Å². The van der Waals surface area contributed by atoms with Crippen molar-refractivity contribution in [3.05, 3.63) is 17.5 Å². The van der Waals surface area contributed by atoms with E-state index in [0.717, 1.165) is 5.69 Å². The molecule has 1 atom stereocenters. The third kappa shape index (κ3) is 2.76. The fourth-order valence-corrected chi connectivity index (χ4v) is 1.33. The molecule has 1 unspecified atom stereocenters. The topological polar surface area (TPSA) is 46.9 Å². The summed E-state index contributed by atoms with van der Waals surface area (Å²) in [6.07, 6.45) is 0. The Bertz CT molecular complexity index is 396. The summed E-state index contributed by atoms with van der Waals surface area (Å²) >= 11 is 6.01. The molecule has 0 spiro atoms. The Labute approximate surface area is 101 Å². The van der Waals surface area contributed by atoms with Gasteiger partial charge in [-0.3, -0.25) is 9.48 Å². The monoisotopic (exact) mass is 243 g/mol. The minimum atomic E-state index is -0.448. The van der Waals surface area contributed by atoms with Crippen LogP contribution < -0.4 is 5.32 Å². The van der Waals surface area contributed by atoms with Gasteiger partial charge in [-0.1, -0.05) is 0 Å². The number of carbonyl (C=O) groups excluding carboxylic acids is 1. The molecular formula is C11H18ClN3O. The van der Waals surface area contributed by atoms with Gasteiger partial charge in [0.15, 0.2) is 0 Å². The Morgan fingerprint density at radius 3 is 2.56 bits per heavy atom. The number of alkyl halides is 1. The highest BCUT2D eigenvalue weighted by atomic mass is 35.5. The summed E-state index contributed by atoms with van der Waals surface area (Å²) in [5, 5.41) is 6.88. The molecule has 0 radical (unpaired) electrons. The Morgan fingerprint density at radius 1 is 1.62 bits per heavy atom. The second-order valence-electron chi connectivity index (χ2n) is 4.59. The third-order valence-electron chi connectivity index (χ3n) is 2.66.